The van der Waals surface area contributed by atoms with Gasteiger partial charge in [0.15, 0.2) is 0 Å². The first-order valence-corrected chi connectivity index (χ1v) is 16.3. The highest BCUT2D eigenvalue weighted by molar-refractivity contribution is 5.77. The third-order valence-corrected chi connectivity index (χ3v) is 7.01. The van der Waals surface area contributed by atoms with E-state index in [1.165, 1.54) is 0 Å². The molecule has 4 atom stereocenters. The molecule has 0 bridgehead atoms. The first-order valence-electron chi connectivity index (χ1n) is 16.3. The third kappa shape index (κ3) is 23.1. The molecule has 14 nitrogen and oxygen atoms in total. The topological polar surface area (TPSA) is 227 Å². The smallest absolute Gasteiger partial charge is 0.220 e. The van der Waals surface area contributed by atoms with Crippen molar-refractivity contribution >= 4 is 23.6 Å². The van der Waals surface area contributed by atoms with Gasteiger partial charge in [0, 0.05) is 117 Å². The lowest BCUT2D eigenvalue weighted by Crippen LogP contribution is -2.43. The van der Waals surface area contributed by atoms with E-state index < -0.39 is 0 Å². The lowest BCUT2D eigenvalue weighted by atomic mass is 10.0. The Morgan fingerprint density at radius 3 is 0.841 bits per heavy atom. The summed E-state index contributed by atoms with van der Waals surface area (Å²) in [5, 5.41) is 11.4. The van der Waals surface area contributed by atoms with Crippen LogP contribution in [0.15, 0.2) is 0 Å². The number of hydrogen-bond acceptors (Lipinski definition) is 10. The number of nitrogens with zero attached hydrogens (tertiary/aromatic N) is 2. The van der Waals surface area contributed by atoms with Gasteiger partial charge in [0.2, 0.25) is 23.6 Å². The van der Waals surface area contributed by atoms with Gasteiger partial charge in [-0.05, 0) is 23.7 Å². The Morgan fingerprint density at radius 2 is 0.659 bits per heavy atom. The molecule has 0 radical (unpaired) electrons. The minimum atomic E-state index is -0.0257. The maximum absolute atomic E-state index is 12.3. The molecule has 0 rings (SSSR count). The van der Waals surface area contributed by atoms with Crippen LogP contribution in [0.1, 0.15) is 53.4 Å². The third-order valence-electron chi connectivity index (χ3n) is 7.01. The molecule has 0 aliphatic rings. The Kier molecular flexibility index (Phi) is 24.5. The molecule has 0 aromatic rings. The number of rotatable bonds is 27. The van der Waals surface area contributed by atoms with Crippen molar-refractivity contribution in [2.24, 2.45) is 46.6 Å². The van der Waals surface area contributed by atoms with Crippen LogP contribution in [0.5, 0.6) is 0 Å². The van der Waals surface area contributed by atoms with E-state index in [2.05, 4.69) is 58.8 Å². The standard InChI is InChI=1S/C30H64N10O4/c1-23(15-27(41)35-9-5-31)19-39(20-24(2)16-28(42)36-10-6-32)13-14-40(21-25(3)17-29(43)37-11-7-33)22-26(4)18-30(44)38-12-8-34/h23-26H,5-22,31-34H2,1-4H3,(H,35,41)(H,36,42)(H,37,43)(H,38,44). The average molecular weight is 629 g/mol. The quantitative estimate of drug-likeness (QED) is 0.0499. The number of carbonyl (C=O) groups is 4. The number of amides is 4. The van der Waals surface area contributed by atoms with Crippen LogP contribution in [-0.4, -0.2) is 125 Å². The van der Waals surface area contributed by atoms with Crippen LogP contribution >= 0.6 is 0 Å². The van der Waals surface area contributed by atoms with E-state index >= 15 is 0 Å². The van der Waals surface area contributed by atoms with E-state index in [1.807, 2.05) is 0 Å². The highest BCUT2D eigenvalue weighted by atomic mass is 16.2. The normalized spacial score (nSPS) is 14.1. The Morgan fingerprint density at radius 1 is 0.455 bits per heavy atom. The van der Waals surface area contributed by atoms with Gasteiger partial charge in [0.25, 0.3) is 0 Å². The van der Waals surface area contributed by atoms with Crippen molar-refractivity contribution in [1.29, 1.82) is 0 Å². The molecule has 0 fully saturated rings. The summed E-state index contributed by atoms with van der Waals surface area (Å²) in [6, 6.07) is 0. The molecule has 0 aromatic carbocycles. The molecule has 0 heterocycles. The predicted molar refractivity (Wildman–Crippen MR) is 176 cm³/mol. The van der Waals surface area contributed by atoms with Gasteiger partial charge >= 0.3 is 0 Å². The van der Waals surface area contributed by atoms with E-state index in [9.17, 15) is 19.2 Å². The van der Waals surface area contributed by atoms with E-state index in [0.29, 0.717) is 117 Å². The molecule has 44 heavy (non-hydrogen) atoms. The highest BCUT2D eigenvalue weighted by Gasteiger charge is 2.22. The zero-order valence-electron chi connectivity index (χ0n) is 27.9. The summed E-state index contributed by atoms with van der Waals surface area (Å²) in [7, 11) is 0. The Labute approximate surface area is 265 Å². The second-order valence-electron chi connectivity index (χ2n) is 12.3. The van der Waals surface area contributed by atoms with Crippen molar-refractivity contribution in [3.05, 3.63) is 0 Å². The SMILES string of the molecule is CC(CC(=O)NCCN)CN(CCN(CC(C)CC(=O)NCCN)CC(C)CC(=O)NCCN)CC(C)CC(=O)NCCN. The average Bonchev–Trinajstić information content (AvgIpc) is 2.95. The Bertz CT molecular complexity index is 680. The van der Waals surface area contributed by atoms with E-state index in [1.54, 1.807) is 0 Å². The molecule has 0 aliphatic heterocycles. The molecule has 12 N–H and O–H groups in total. The molecule has 258 valence electrons. The minimum Gasteiger partial charge on any atom is -0.355 e. The Balaban J connectivity index is 5.58. The fourth-order valence-corrected chi connectivity index (χ4v) is 5.22. The van der Waals surface area contributed by atoms with E-state index in [0.717, 1.165) is 0 Å². The summed E-state index contributed by atoms with van der Waals surface area (Å²) < 4.78 is 0. The van der Waals surface area contributed by atoms with Crippen molar-refractivity contribution in [3.8, 4) is 0 Å². The summed E-state index contributed by atoms with van der Waals surface area (Å²) >= 11 is 0. The maximum Gasteiger partial charge on any atom is 0.220 e. The predicted octanol–water partition coefficient (Wildman–Crippen LogP) is -2.01. The Hall–Kier alpha value is -2.36. The van der Waals surface area contributed by atoms with Gasteiger partial charge in [-0.2, -0.15) is 0 Å². The molecular formula is C30H64N10O4. The summed E-state index contributed by atoms with van der Waals surface area (Å²) in [4.78, 5) is 54.0. The van der Waals surface area contributed by atoms with Crippen LogP contribution in [0.2, 0.25) is 0 Å². The van der Waals surface area contributed by atoms with Crippen LogP contribution in [0.3, 0.4) is 0 Å². The van der Waals surface area contributed by atoms with Crippen LogP contribution in [0.4, 0.5) is 0 Å². The van der Waals surface area contributed by atoms with Gasteiger partial charge in [-0.1, -0.05) is 27.7 Å². The summed E-state index contributed by atoms with van der Waals surface area (Å²) in [6.45, 7) is 15.7. The fourth-order valence-electron chi connectivity index (χ4n) is 5.22. The monoisotopic (exact) mass is 629 g/mol. The van der Waals surface area contributed by atoms with Crippen molar-refractivity contribution in [2.75, 3.05) is 91.6 Å². The van der Waals surface area contributed by atoms with Gasteiger partial charge < -0.3 is 54.0 Å². The van der Waals surface area contributed by atoms with Crippen LogP contribution in [-0.2, 0) is 19.2 Å². The molecule has 0 aliphatic carbocycles. The molecule has 4 unspecified atom stereocenters. The molecular weight excluding hydrogens is 564 g/mol. The van der Waals surface area contributed by atoms with Crippen molar-refractivity contribution in [1.82, 2.24) is 31.1 Å². The highest BCUT2D eigenvalue weighted by Crippen LogP contribution is 2.14. The molecule has 0 aromatic heterocycles. The molecule has 4 amide bonds. The second-order valence-corrected chi connectivity index (χ2v) is 12.3. The van der Waals surface area contributed by atoms with Crippen LogP contribution in [0.25, 0.3) is 0 Å². The van der Waals surface area contributed by atoms with Gasteiger partial charge in [-0.3, -0.25) is 19.2 Å². The molecule has 0 saturated heterocycles. The summed E-state index contributed by atoms with van der Waals surface area (Å²) in [5.74, 6) is 0.267. The molecule has 0 saturated carbocycles. The van der Waals surface area contributed by atoms with Gasteiger partial charge in [0.1, 0.15) is 0 Å². The number of nitrogens with one attached hydrogen (secondary N) is 4. The van der Waals surface area contributed by atoms with Gasteiger partial charge in [-0.25, -0.2) is 0 Å². The van der Waals surface area contributed by atoms with E-state index in [4.69, 9.17) is 22.9 Å². The number of hydrogen-bond donors (Lipinski definition) is 8. The fraction of sp³-hybridized carbons (Fsp3) is 0.867. The number of nitrogens with two attached hydrogens (primary N) is 4. The van der Waals surface area contributed by atoms with Crippen molar-refractivity contribution in [3.63, 3.8) is 0 Å². The van der Waals surface area contributed by atoms with Crippen LogP contribution < -0.4 is 44.2 Å². The summed E-state index contributed by atoms with van der Waals surface area (Å²) in [6.07, 6.45) is 1.54. The summed E-state index contributed by atoms with van der Waals surface area (Å²) in [5.41, 5.74) is 22.1. The largest absolute Gasteiger partial charge is 0.355 e. The van der Waals surface area contributed by atoms with Crippen LogP contribution in [0, 0.1) is 23.7 Å². The molecule has 14 heteroatoms. The maximum atomic E-state index is 12.3. The van der Waals surface area contributed by atoms with Crippen molar-refractivity contribution < 1.29 is 19.2 Å². The van der Waals surface area contributed by atoms with Gasteiger partial charge in [-0.15, -0.1) is 0 Å². The zero-order valence-corrected chi connectivity index (χ0v) is 27.9. The zero-order chi connectivity index (χ0) is 33.3. The van der Waals surface area contributed by atoms with Gasteiger partial charge in [0.05, 0.1) is 0 Å². The minimum absolute atomic E-state index is 0.0257. The first kappa shape index (κ1) is 41.6. The van der Waals surface area contributed by atoms with Crippen molar-refractivity contribution in [2.45, 2.75) is 53.4 Å². The lowest BCUT2D eigenvalue weighted by molar-refractivity contribution is -0.123. The molecule has 0 spiro atoms. The second kappa shape index (κ2) is 25.9. The first-order chi connectivity index (χ1) is 20.9. The number of carbonyl (C=O) groups excluding carboxylic acids is 4. The lowest BCUT2D eigenvalue weighted by Gasteiger charge is -2.33. The van der Waals surface area contributed by atoms with E-state index in [-0.39, 0.29) is 47.3 Å².